The van der Waals surface area contributed by atoms with Crippen molar-refractivity contribution < 1.29 is 19.7 Å². The van der Waals surface area contributed by atoms with E-state index in [1.807, 2.05) is 0 Å². The summed E-state index contributed by atoms with van der Waals surface area (Å²) >= 11 is 5.90. The number of phenols is 2. The van der Waals surface area contributed by atoms with Gasteiger partial charge in [0.2, 0.25) is 0 Å². The first-order valence-corrected chi connectivity index (χ1v) is 5.92. The van der Waals surface area contributed by atoms with Crippen LogP contribution in [0.4, 0.5) is 0 Å². The van der Waals surface area contributed by atoms with E-state index in [0.717, 1.165) is 0 Å². The summed E-state index contributed by atoms with van der Waals surface area (Å²) in [6.45, 7) is 0.739. The summed E-state index contributed by atoms with van der Waals surface area (Å²) in [5, 5.41) is 21.4. The third-order valence-electron chi connectivity index (χ3n) is 2.34. The van der Waals surface area contributed by atoms with Gasteiger partial charge in [-0.25, -0.2) is 0 Å². The minimum Gasteiger partial charge on any atom is -0.507 e. The molecule has 0 heterocycles. The van der Waals surface area contributed by atoms with Crippen LogP contribution in [0.15, 0.2) is 18.2 Å². The molecule has 1 amide bonds. The quantitative estimate of drug-likeness (QED) is 0.686. The Hall–Kier alpha value is -1.46. The van der Waals surface area contributed by atoms with Gasteiger partial charge in [-0.1, -0.05) is 6.07 Å². The van der Waals surface area contributed by atoms with Gasteiger partial charge in [0, 0.05) is 13.7 Å². The Morgan fingerprint density at radius 3 is 2.61 bits per heavy atom. The third kappa shape index (κ3) is 4.09. The van der Waals surface area contributed by atoms with Crippen LogP contribution in [0, 0.1) is 0 Å². The second kappa shape index (κ2) is 7.08. The maximum absolute atomic E-state index is 11.7. The van der Waals surface area contributed by atoms with Crippen molar-refractivity contribution in [2.45, 2.75) is 11.8 Å². The molecule has 0 aliphatic heterocycles. The molecule has 1 unspecified atom stereocenters. The van der Waals surface area contributed by atoms with Crippen LogP contribution in [-0.4, -0.2) is 41.8 Å². The molecule has 1 aromatic rings. The number of ether oxygens (including phenoxy) is 1. The number of carbonyl (C=O) groups excluding carboxylic acids is 1. The van der Waals surface area contributed by atoms with Crippen molar-refractivity contribution in [2.24, 2.45) is 0 Å². The maximum atomic E-state index is 11.7. The molecule has 6 heteroatoms. The van der Waals surface area contributed by atoms with Gasteiger partial charge >= 0.3 is 0 Å². The van der Waals surface area contributed by atoms with Crippen LogP contribution in [0.1, 0.15) is 16.8 Å². The summed E-state index contributed by atoms with van der Waals surface area (Å²) in [4.78, 5) is 11.7. The molecule has 1 rings (SSSR count). The third-order valence-corrected chi connectivity index (χ3v) is 2.68. The predicted molar refractivity (Wildman–Crippen MR) is 68.2 cm³/mol. The molecule has 1 aromatic carbocycles. The number of rotatable bonds is 6. The van der Waals surface area contributed by atoms with Crippen LogP contribution in [0.2, 0.25) is 0 Å². The topological polar surface area (TPSA) is 78.8 Å². The number of carbonyl (C=O) groups is 1. The van der Waals surface area contributed by atoms with Gasteiger partial charge in [0.25, 0.3) is 5.91 Å². The Kier molecular flexibility index (Phi) is 5.74. The maximum Gasteiger partial charge on any atom is 0.258 e. The summed E-state index contributed by atoms with van der Waals surface area (Å²) in [6, 6.07) is 4.13. The Labute approximate surface area is 110 Å². The Balaban J connectivity index is 2.51. The molecule has 0 aliphatic carbocycles. The highest BCUT2D eigenvalue weighted by molar-refractivity contribution is 6.20. The van der Waals surface area contributed by atoms with Crippen molar-refractivity contribution in [1.29, 1.82) is 0 Å². The Bertz CT molecular complexity index is 391. The zero-order chi connectivity index (χ0) is 13.5. The zero-order valence-corrected chi connectivity index (χ0v) is 10.8. The summed E-state index contributed by atoms with van der Waals surface area (Å²) in [5.41, 5.74) is -0.129. The molecule has 0 aliphatic rings. The summed E-state index contributed by atoms with van der Waals surface area (Å²) in [5.74, 6) is -1.05. The van der Waals surface area contributed by atoms with E-state index < -0.39 is 5.91 Å². The number of alkyl halides is 1. The fraction of sp³-hybridized carbons (Fsp3) is 0.417. The number of halogens is 1. The van der Waals surface area contributed by atoms with Crippen LogP contribution in [0.3, 0.4) is 0 Å². The van der Waals surface area contributed by atoms with Gasteiger partial charge in [-0.3, -0.25) is 4.79 Å². The molecule has 1 atom stereocenters. The largest absolute Gasteiger partial charge is 0.507 e. The van der Waals surface area contributed by atoms with E-state index in [-0.39, 0.29) is 22.4 Å². The van der Waals surface area contributed by atoms with E-state index in [1.165, 1.54) is 18.2 Å². The van der Waals surface area contributed by atoms with Gasteiger partial charge < -0.3 is 20.3 Å². The number of benzene rings is 1. The number of aromatic hydroxyl groups is 2. The number of nitrogens with one attached hydrogen (secondary N) is 1. The molecule has 0 aromatic heterocycles. The highest BCUT2D eigenvalue weighted by atomic mass is 35.5. The average molecular weight is 274 g/mol. The van der Waals surface area contributed by atoms with Crippen LogP contribution in [0.25, 0.3) is 0 Å². The molecule has 18 heavy (non-hydrogen) atoms. The van der Waals surface area contributed by atoms with Crippen LogP contribution < -0.4 is 5.32 Å². The molecule has 0 radical (unpaired) electrons. The fourth-order valence-electron chi connectivity index (χ4n) is 1.46. The molecule has 0 fully saturated rings. The van der Waals surface area contributed by atoms with Crippen molar-refractivity contribution in [2.75, 3.05) is 20.3 Å². The average Bonchev–Trinajstić information content (AvgIpc) is 2.29. The molecule has 100 valence electrons. The minimum absolute atomic E-state index is 0.129. The predicted octanol–water partition coefficient (Wildman–Crippen LogP) is 1.47. The first-order chi connectivity index (χ1) is 8.56. The summed E-state index contributed by atoms with van der Waals surface area (Å²) < 4.78 is 4.86. The monoisotopic (exact) mass is 273 g/mol. The van der Waals surface area contributed by atoms with E-state index in [0.29, 0.717) is 19.6 Å². The normalized spacial score (nSPS) is 12.1. The van der Waals surface area contributed by atoms with E-state index in [9.17, 15) is 15.0 Å². The second-order valence-corrected chi connectivity index (χ2v) is 4.39. The van der Waals surface area contributed by atoms with Crippen molar-refractivity contribution in [3.63, 3.8) is 0 Å². The van der Waals surface area contributed by atoms with Crippen LogP contribution in [0.5, 0.6) is 11.5 Å². The lowest BCUT2D eigenvalue weighted by Crippen LogP contribution is -2.27. The lowest BCUT2D eigenvalue weighted by atomic mass is 10.1. The molecule has 0 bridgehead atoms. The van der Waals surface area contributed by atoms with E-state index in [2.05, 4.69) is 5.32 Å². The molecule has 0 saturated carbocycles. The van der Waals surface area contributed by atoms with Crippen molar-refractivity contribution in [1.82, 2.24) is 5.32 Å². The molecular weight excluding hydrogens is 258 g/mol. The Morgan fingerprint density at radius 1 is 1.44 bits per heavy atom. The molecule has 0 saturated heterocycles. The van der Waals surface area contributed by atoms with Crippen molar-refractivity contribution >= 4 is 17.5 Å². The first-order valence-electron chi connectivity index (χ1n) is 5.48. The van der Waals surface area contributed by atoms with E-state index >= 15 is 0 Å². The zero-order valence-electron chi connectivity index (χ0n) is 10.0. The number of hydrogen-bond acceptors (Lipinski definition) is 4. The number of hydrogen-bond donors (Lipinski definition) is 3. The van der Waals surface area contributed by atoms with Gasteiger partial charge in [-0.2, -0.15) is 0 Å². The molecule has 0 spiro atoms. The van der Waals surface area contributed by atoms with Gasteiger partial charge in [0.1, 0.15) is 17.1 Å². The van der Waals surface area contributed by atoms with Crippen LogP contribution >= 0.6 is 11.6 Å². The summed E-state index contributed by atoms with van der Waals surface area (Å²) in [6.07, 6.45) is 0.537. The summed E-state index contributed by atoms with van der Waals surface area (Å²) in [7, 11) is 1.55. The van der Waals surface area contributed by atoms with Gasteiger partial charge in [0.15, 0.2) is 0 Å². The van der Waals surface area contributed by atoms with Crippen molar-refractivity contribution in [3.05, 3.63) is 23.8 Å². The van der Waals surface area contributed by atoms with Crippen LogP contribution in [-0.2, 0) is 4.74 Å². The van der Waals surface area contributed by atoms with Gasteiger partial charge in [-0.05, 0) is 18.6 Å². The smallest absolute Gasteiger partial charge is 0.258 e. The fourth-order valence-corrected chi connectivity index (χ4v) is 1.69. The lowest BCUT2D eigenvalue weighted by Gasteiger charge is -2.10. The number of methoxy groups -OCH3 is 1. The lowest BCUT2D eigenvalue weighted by molar-refractivity contribution is 0.0946. The van der Waals surface area contributed by atoms with Gasteiger partial charge in [-0.15, -0.1) is 11.6 Å². The molecule has 3 N–H and O–H groups in total. The van der Waals surface area contributed by atoms with E-state index in [4.69, 9.17) is 16.3 Å². The van der Waals surface area contributed by atoms with E-state index in [1.54, 1.807) is 7.11 Å². The second-order valence-electron chi connectivity index (χ2n) is 3.77. The molecular formula is C12H16ClNO4. The molecule has 5 nitrogen and oxygen atoms in total. The standard InChI is InChI=1S/C12H16ClNO4/c1-18-7-8(13)5-6-14-12(17)11-9(15)3-2-4-10(11)16/h2-4,8,15-16H,5-7H2,1H3,(H,14,17). The number of amides is 1. The van der Waals surface area contributed by atoms with Crippen molar-refractivity contribution in [3.8, 4) is 11.5 Å². The first kappa shape index (κ1) is 14.6. The minimum atomic E-state index is -0.535. The highest BCUT2D eigenvalue weighted by Gasteiger charge is 2.15. The highest BCUT2D eigenvalue weighted by Crippen LogP contribution is 2.25. The SMILES string of the molecule is COCC(Cl)CCNC(=O)c1c(O)cccc1O. The number of phenolic OH excluding ortho intramolecular Hbond substituents is 2. The Morgan fingerprint density at radius 2 is 2.06 bits per heavy atom. The van der Waals surface area contributed by atoms with Gasteiger partial charge in [0.05, 0.1) is 12.0 Å².